The van der Waals surface area contributed by atoms with Crippen molar-refractivity contribution in [2.24, 2.45) is 0 Å². The van der Waals surface area contributed by atoms with Gasteiger partial charge in [-0.1, -0.05) is 6.92 Å². The third-order valence-corrected chi connectivity index (χ3v) is 1.30. The largest absolute Gasteiger partial charge is 0.476 e. The highest BCUT2D eigenvalue weighted by atomic mass is 19.2. The lowest BCUT2D eigenvalue weighted by Crippen LogP contribution is -2.02. The molecule has 2 nitrogen and oxygen atoms in total. The summed E-state index contributed by atoms with van der Waals surface area (Å²) >= 11 is 0. The molecule has 1 aromatic heterocycles. The number of nitrogens with zero attached hydrogens (tertiary/aromatic N) is 1. The fraction of sp³-hybridized carbons (Fsp3) is 0.375. The Balaban J connectivity index is 2.88. The van der Waals surface area contributed by atoms with Crippen LogP contribution in [0, 0.1) is 17.6 Å². The molecule has 0 aromatic carbocycles. The molecule has 0 fully saturated rings. The summed E-state index contributed by atoms with van der Waals surface area (Å²) < 4.78 is 42.3. The van der Waals surface area contributed by atoms with Crippen LogP contribution in [0.25, 0.3) is 0 Å². The Bertz CT molecular complexity index is 304. The van der Waals surface area contributed by atoms with E-state index in [1.807, 2.05) is 0 Å². The fourth-order valence-electron chi connectivity index (χ4n) is 0.728. The second-order valence-corrected chi connectivity index (χ2v) is 2.40. The zero-order chi connectivity index (χ0) is 9.84. The van der Waals surface area contributed by atoms with Crippen molar-refractivity contribution in [3.8, 4) is 5.88 Å². The van der Waals surface area contributed by atoms with Crippen LogP contribution in [0.2, 0.25) is 0 Å². The molecule has 0 N–H and O–H groups in total. The average molecular weight is 191 g/mol. The van der Waals surface area contributed by atoms with E-state index in [9.17, 15) is 13.2 Å². The molecule has 0 bridgehead atoms. The first-order valence-corrected chi connectivity index (χ1v) is 3.79. The topological polar surface area (TPSA) is 22.1 Å². The zero-order valence-electron chi connectivity index (χ0n) is 6.98. The van der Waals surface area contributed by atoms with Crippen LogP contribution in [-0.2, 0) is 0 Å². The number of halogens is 3. The molecule has 5 heteroatoms. The van der Waals surface area contributed by atoms with Crippen molar-refractivity contribution in [1.29, 1.82) is 0 Å². The molecule has 0 radical (unpaired) electrons. The second-order valence-electron chi connectivity index (χ2n) is 2.40. The third kappa shape index (κ3) is 2.34. The van der Waals surface area contributed by atoms with Crippen LogP contribution in [0.3, 0.4) is 0 Å². The van der Waals surface area contributed by atoms with E-state index in [2.05, 4.69) is 4.98 Å². The summed E-state index contributed by atoms with van der Waals surface area (Å²) in [5.74, 6) is -4.16. The minimum absolute atomic E-state index is 0.217. The summed E-state index contributed by atoms with van der Waals surface area (Å²) in [6, 6.07) is 0.410. The Labute approximate surface area is 73.4 Å². The van der Waals surface area contributed by atoms with Gasteiger partial charge in [-0.2, -0.15) is 9.37 Å². The van der Waals surface area contributed by atoms with Gasteiger partial charge >= 0.3 is 0 Å². The smallest absolute Gasteiger partial charge is 0.253 e. The van der Waals surface area contributed by atoms with Crippen LogP contribution in [0.5, 0.6) is 5.88 Å². The first-order chi connectivity index (χ1) is 6.15. The molecule has 0 saturated heterocycles. The molecule has 0 aliphatic rings. The van der Waals surface area contributed by atoms with Crippen molar-refractivity contribution < 1.29 is 17.9 Å². The maximum absolute atomic E-state index is 12.8. The van der Waals surface area contributed by atoms with Gasteiger partial charge in [-0.15, -0.1) is 0 Å². The van der Waals surface area contributed by atoms with E-state index in [1.165, 1.54) is 0 Å². The van der Waals surface area contributed by atoms with Crippen molar-refractivity contribution >= 4 is 0 Å². The van der Waals surface area contributed by atoms with E-state index in [4.69, 9.17) is 4.74 Å². The normalized spacial score (nSPS) is 10.2. The number of aromatic nitrogens is 1. The van der Waals surface area contributed by atoms with Gasteiger partial charge in [-0.3, -0.25) is 0 Å². The molecule has 0 unspecified atom stereocenters. The maximum atomic E-state index is 12.8. The summed E-state index contributed by atoms with van der Waals surface area (Å²) in [6.07, 6.45) is 0.639. The van der Waals surface area contributed by atoms with Crippen LogP contribution >= 0.6 is 0 Å². The lowest BCUT2D eigenvalue weighted by molar-refractivity contribution is 0.279. The minimum atomic E-state index is -1.35. The van der Waals surface area contributed by atoms with Crippen molar-refractivity contribution in [2.75, 3.05) is 6.61 Å². The predicted molar refractivity (Wildman–Crippen MR) is 39.9 cm³/mol. The summed E-state index contributed by atoms with van der Waals surface area (Å²) in [6.45, 7) is 2.02. The summed E-state index contributed by atoms with van der Waals surface area (Å²) in [5.41, 5.74) is 0. The highest BCUT2D eigenvalue weighted by molar-refractivity contribution is 5.14. The Morgan fingerprint density at radius 1 is 1.31 bits per heavy atom. The molecule has 13 heavy (non-hydrogen) atoms. The standard InChI is InChI=1S/C8H8F3NO/c1-2-3-13-8-6(10)4-5(9)7(11)12-8/h4H,2-3H2,1H3. The molecule has 0 amide bonds. The van der Waals surface area contributed by atoms with Crippen molar-refractivity contribution in [3.05, 3.63) is 23.6 Å². The molecule has 0 aliphatic carbocycles. The van der Waals surface area contributed by atoms with Gasteiger partial charge in [0.25, 0.3) is 11.8 Å². The SMILES string of the molecule is CCCOc1nc(F)c(F)cc1F. The van der Waals surface area contributed by atoms with Gasteiger partial charge in [0.2, 0.25) is 0 Å². The monoisotopic (exact) mass is 191 g/mol. The highest BCUT2D eigenvalue weighted by Crippen LogP contribution is 2.16. The van der Waals surface area contributed by atoms with E-state index in [0.29, 0.717) is 12.5 Å². The number of hydrogen-bond donors (Lipinski definition) is 0. The first-order valence-electron chi connectivity index (χ1n) is 3.79. The summed E-state index contributed by atoms with van der Waals surface area (Å²) in [7, 11) is 0. The second kappa shape index (κ2) is 4.11. The van der Waals surface area contributed by atoms with Crippen molar-refractivity contribution in [1.82, 2.24) is 4.98 Å². The van der Waals surface area contributed by atoms with E-state index < -0.39 is 23.5 Å². The number of pyridine rings is 1. The summed E-state index contributed by atoms with van der Waals surface area (Å²) in [4.78, 5) is 2.97. The summed E-state index contributed by atoms with van der Waals surface area (Å²) in [5, 5.41) is 0. The average Bonchev–Trinajstić information content (AvgIpc) is 2.09. The Hall–Kier alpha value is -1.26. The quantitative estimate of drug-likeness (QED) is 0.684. The van der Waals surface area contributed by atoms with Gasteiger partial charge in [0.1, 0.15) is 0 Å². The maximum Gasteiger partial charge on any atom is 0.253 e. The Kier molecular flexibility index (Phi) is 3.11. The molecular weight excluding hydrogens is 183 g/mol. The zero-order valence-corrected chi connectivity index (χ0v) is 6.98. The van der Waals surface area contributed by atoms with Crippen LogP contribution < -0.4 is 4.74 Å². The minimum Gasteiger partial charge on any atom is -0.476 e. The Morgan fingerprint density at radius 2 is 2.00 bits per heavy atom. The molecular formula is C8H8F3NO. The van der Waals surface area contributed by atoms with E-state index in [1.54, 1.807) is 6.92 Å². The van der Waals surface area contributed by atoms with Gasteiger partial charge in [-0.05, 0) is 6.42 Å². The lowest BCUT2D eigenvalue weighted by atomic mass is 10.4. The van der Waals surface area contributed by atoms with Gasteiger partial charge < -0.3 is 4.74 Å². The Morgan fingerprint density at radius 3 is 2.62 bits per heavy atom. The molecule has 0 atom stereocenters. The van der Waals surface area contributed by atoms with Crippen molar-refractivity contribution in [2.45, 2.75) is 13.3 Å². The van der Waals surface area contributed by atoms with Gasteiger partial charge in [0.05, 0.1) is 6.61 Å². The number of hydrogen-bond acceptors (Lipinski definition) is 2. The van der Waals surface area contributed by atoms with E-state index >= 15 is 0 Å². The van der Waals surface area contributed by atoms with Crippen LogP contribution in [-0.4, -0.2) is 11.6 Å². The van der Waals surface area contributed by atoms with Crippen molar-refractivity contribution in [3.63, 3.8) is 0 Å². The van der Waals surface area contributed by atoms with Crippen LogP contribution in [0.15, 0.2) is 6.07 Å². The van der Waals surface area contributed by atoms with Crippen LogP contribution in [0.1, 0.15) is 13.3 Å². The first kappa shape index (κ1) is 9.83. The lowest BCUT2D eigenvalue weighted by Gasteiger charge is -2.04. The molecule has 72 valence electrons. The molecule has 1 rings (SSSR count). The van der Waals surface area contributed by atoms with Gasteiger partial charge in [0, 0.05) is 6.07 Å². The number of ether oxygens (including phenoxy) is 1. The highest BCUT2D eigenvalue weighted by Gasteiger charge is 2.11. The fourth-order valence-corrected chi connectivity index (χ4v) is 0.728. The molecule has 0 spiro atoms. The molecule has 0 saturated carbocycles. The predicted octanol–water partition coefficient (Wildman–Crippen LogP) is 2.29. The molecule has 1 heterocycles. The van der Waals surface area contributed by atoms with Gasteiger partial charge in [-0.25, -0.2) is 8.78 Å². The van der Waals surface area contributed by atoms with E-state index in [-0.39, 0.29) is 6.61 Å². The van der Waals surface area contributed by atoms with E-state index in [0.717, 1.165) is 0 Å². The third-order valence-electron chi connectivity index (χ3n) is 1.30. The molecule has 1 aromatic rings. The number of rotatable bonds is 3. The van der Waals surface area contributed by atoms with Crippen LogP contribution in [0.4, 0.5) is 13.2 Å². The van der Waals surface area contributed by atoms with Gasteiger partial charge in [0.15, 0.2) is 11.6 Å². The molecule has 0 aliphatic heterocycles.